The van der Waals surface area contributed by atoms with Crippen LogP contribution >= 0.6 is 0 Å². The highest BCUT2D eigenvalue weighted by Gasteiger charge is 2.30. The molecule has 1 atom stereocenters. The molecule has 1 aliphatic heterocycles. The normalized spacial score (nSPS) is 14.6. The number of aromatic nitrogens is 1. The van der Waals surface area contributed by atoms with Crippen LogP contribution in [-0.2, 0) is 4.79 Å². The van der Waals surface area contributed by atoms with Gasteiger partial charge in [0.2, 0.25) is 6.41 Å². The summed E-state index contributed by atoms with van der Waals surface area (Å²) in [5.41, 5.74) is 10.4. The molecule has 8 heteroatoms. The summed E-state index contributed by atoms with van der Waals surface area (Å²) in [5, 5.41) is 0. The Labute approximate surface area is 186 Å². The smallest absolute Gasteiger partial charge is 0.216 e. The van der Waals surface area contributed by atoms with Gasteiger partial charge in [-0.3, -0.25) is 14.7 Å². The van der Waals surface area contributed by atoms with E-state index in [-0.39, 0.29) is 5.96 Å². The first-order valence-electron chi connectivity index (χ1n) is 9.97. The van der Waals surface area contributed by atoms with Gasteiger partial charge < -0.3 is 19.9 Å². The number of carbonyl (C=O) groups is 1. The van der Waals surface area contributed by atoms with E-state index in [2.05, 4.69) is 9.98 Å². The average Bonchev–Trinajstić information content (AvgIpc) is 2.83. The van der Waals surface area contributed by atoms with E-state index in [0.717, 1.165) is 27.8 Å². The predicted octanol–water partition coefficient (Wildman–Crippen LogP) is 3.67. The van der Waals surface area contributed by atoms with Crippen molar-refractivity contribution in [3.63, 3.8) is 0 Å². The van der Waals surface area contributed by atoms with Gasteiger partial charge in [0, 0.05) is 35.5 Å². The number of nitrogens with zero attached hydrogens (tertiary/aromatic N) is 3. The molecule has 0 radical (unpaired) electrons. The molecule has 0 bridgehead atoms. The highest BCUT2D eigenvalue weighted by atomic mass is 16.5. The molecular formula is C24H24N4O4. The van der Waals surface area contributed by atoms with Crippen molar-refractivity contribution in [1.82, 2.24) is 9.88 Å². The third-order valence-corrected chi connectivity index (χ3v) is 5.48. The van der Waals surface area contributed by atoms with E-state index in [4.69, 9.17) is 19.9 Å². The molecule has 164 valence electrons. The monoisotopic (exact) mass is 432 g/mol. The van der Waals surface area contributed by atoms with Gasteiger partial charge in [0.15, 0.2) is 5.96 Å². The molecule has 1 aromatic heterocycles. The molecule has 1 amide bonds. The number of benzene rings is 2. The molecular weight excluding hydrogens is 408 g/mol. The number of hydrogen-bond acceptors (Lipinski definition) is 6. The number of pyridine rings is 1. The second-order valence-electron chi connectivity index (χ2n) is 7.39. The minimum Gasteiger partial charge on any atom is -0.496 e. The summed E-state index contributed by atoms with van der Waals surface area (Å²) in [4.78, 5) is 21.4. The Morgan fingerprint density at radius 1 is 1.12 bits per heavy atom. The van der Waals surface area contributed by atoms with Crippen molar-refractivity contribution in [3.8, 4) is 34.1 Å². The van der Waals surface area contributed by atoms with Crippen LogP contribution in [0.2, 0.25) is 0 Å². The standard InChI is InChI=1S/C24H24N4O4/c1-14-20(31-4)8-6-18-22(27-24(25)28(2)13-29)19-10-15(5-7-21(19)32-23(14)18)16-9-17(30-3)12-26-11-16/h5-13,22H,1-4H3,(H2,25,27). The molecule has 2 heterocycles. The first-order valence-corrected chi connectivity index (χ1v) is 9.97. The summed E-state index contributed by atoms with van der Waals surface area (Å²) in [7, 11) is 4.78. The van der Waals surface area contributed by atoms with Crippen molar-refractivity contribution in [2.45, 2.75) is 13.0 Å². The van der Waals surface area contributed by atoms with Crippen LogP contribution in [0.5, 0.6) is 23.0 Å². The Bertz CT molecular complexity index is 1210. The Morgan fingerprint density at radius 2 is 1.94 bits per heavy atom. The highest BCUT2D eigenvalue weighted by Crippen LogP contribution is 2.49. The summed E-state index contributed by atoms with van der Waals surface area (Å²) < 4.78 is 17.0. The first-order chi connectivity index (χ1) is 15.5. The summed E-state index contributed by atoms with van der Waals surface area (Å²) in [6.07, 6.45) is 4.04. The van der Waals surface area contributed by atoms with Crippen LogP contribution in [0.4, 0.5) is 0 Å². The van der Waals surface area contributed by atoms with E-state index in [1.54, 1.807) is 33.7 Å². The average molecular weight is 432 g/mol. The SMILES string of the molecule is COc1cncc(-c2ccc3c(c2)C(/N=C(/N)N(C)C=O)c2ccc(OC)c(C)c2O3)c1. The van der Waals surface area contributed by atoms with Crippen LogP contribution in [0.3, 0.4) is 0 Å². The van der Waals surface area contributed by atoms with E-state index >= 15 is 0 Å². The summed E-state index contributed by atoms with van der Waals surface area (Å²) in [6, 6.07) is 11.1. The second kappa shape index (κ2) is 8.58. The third-order valence-electron chi connectivity index (χ3n) is 5.48. The van der Waals surface area contributed by atoms with Crippen molar-refractivity contribution in [2.75, 3.05) is 21.3 Å². The summed E-state index contributed by atoms with van der Waals surface area (Å²) >= 11 is 0. The molecule has 0 spiro atoms. The van der Waals surface area contributed by atoms with Crippen molar-refractivity contribution in [3.05, 3.63) is 65.5 Å². The fourth-order valence-electron chi connectivity index (χ4n) is 3.68. The summed E-state index contributed by atoms with van der Waals surface area (Å²) in [5.74, 6) is 2.81. The van der Waals surface area contributed by atoms with Gasteiger partial charge in [0.05, 0.1) is 20.4 Å². The maximum atomic E-state index is 11.2. The molecule has 0 saturated heterocycles. The number of ether oxygens (including phenoxy) is 3. The fraction of sp³-hybridized carbons (Fsp3) is 0.208. The second-order valence-corrected chi connectivity index (χ2v) is 7.39. The van der Waals surface area contributed by atoms with E-state index in [1.165, 1.54) is 4.90 Å². The maximum Gasteiger partial charge on any atom is 0.216 e. The van der Waals surface area contributed by atoms with Crippen LogP contribution in [-0.4, -0.2) is 43.5 Å². The number of nitrogens with two attached hydrogens (primary N) is 1. The van der Waals surface area contributed by atoms with Gasteiger partial charge in [0.1, 0.15) is 29.0 Å². The number of rotatable bonds is 5. The topological polar surface area (TPSA) is 99.3 Å². The van der Waals surface area contributed by atoms with Crippen LogP contribution in [0.25, 0.3) is 11.1 Å². The van der Waals surface area contributed by atoms with Gasteiger partial charge in [-0.25, -0.2) is 4.99 Å². The van der Waals surface area contributed by atoms with Crippen LogP contribution in [0, 0.1) is 6.92 Å². The number of methoxy groups -OCH3 is 2. The molecule has 0 saturated carbocycles. The fourth-order valence-corrected chi connectivity index (χ4v) is 3.68. The van der Waals surface area contributed by atoms with Crippen molar-refractivity contribution >= 4 is 12.4 Å². The molecule has 3 aromatic rings. The van der Waals surface area contributed by atoms with Crippen LogP contribution in [0.1, 0.15) is 22.7 Å². The maximum absolute atomic E-state index is 11.2. The Balaban J connectivity index is 1.89. The minimum atomic E-state index is -0.473. The Morgan fingerprint density at radius 3 is 2.66 bits per heavy atom. The lowest BCUT2D eigenvalue weighted by molar-refractivity contribution is -0.114. The summed E-state index contributed by atoms with van der Waals surface area (Å²) in [6.45, 7) is 1.93. The van der Waals surface area contributed by atoms with Gasteiger partial charge in [-0.15, -0.1) is 0 Å². The Kier molecular flexibility index (Phi) is 5.68. The number of guanidine groups is 1. The highest BCUT2D eigenvalue weighted by molar-refractivity contribution is 5.87. The van der Waals surface area contributed by atoms with Gasteiger partial charge in [0.25, 0.3) is 0 Å². The lowest BCUT2D eigenvalue weighted by atomic mass is 9.91. The zero-order valence-electron chi connectivity index (χ0n) is 18.3. The van der Waals surface area contributed by atoms with Crippen LogP contribution in [0.15, 0.2) is 53.8 Å². The van der Waals surface area contributed by atoms with E-state index < -0.39 is 6.04 Å². The third kappa shape index (κ3) is 3.71. The number of fused-ring (bicyclic) bond motifs is 2. The zero-order valence-corrected chi connectivity index (χ0v) is 18.3. The van der Waals surface area contributed by atoms with Gasteiger partial charge >= 0.3 is 0 Å². The molecule has 8 nitrogen and oxygen atoms in total. The molecule has 2 aromatic carbocycles. The molecule has 0 aliphatic carbocycles. The quantitative estimate of drug-likeness (QED) is 0.375. The molecule has 0 fully saturated rings. The largest absolute Gasteiger partial charge is 0.496 e. The van der Waals surface area contributed by atoms with Crippen molar-refractivity contribution < 1.29 is 19.0 Å². The van der Waals surface area contributed by atoms with Gasteiger partial charge in [-0.1, -0.05) is 6.07 Å². The van der Waals surface area contributed by atoms with E-state index in [9.17, 15) is 4.79 Å². The lowest BCUT2D eigenvalue weighted by Gasteiger charge is -2.29. The zero-order chi connectivity index (χ0) is 22.8. The van der Waals surface area contributed by atoms with E-state index in [0.29, 0.717) is 29.4 Å². The minimum absolute atomic E-state index is 0.103. The van der Waals surface area contributed by atoms with Gasteiger partial charge in [-0.2, -0.15) is 0 Å². The van der Waals surface area contributed by atoms with E-state index in [1.807, 2.05) is 43.3 Å². The number of carbonyl (C=O) groups excluding carboxylic acids is 1. The lowest BCUT2D eigenvalue weighted by Crippen LogP contribution is -2.33. The van der Waals surface area contributed by atoms with Gasteiger partial charge in [-0.05, 0) is 42.8 Å². The molecule has 4 rings (SSSR count). The molecule has 2 N–H and O–H groups in total. The van der Waals surface area contributed by atoms with Crippen molar-refractivity contribution in [1.29, 1.82) is 0 Å². The number of hydrogen-bond donors (Lipinski definition) is 1. The molecule has 1 aliphatic rings. The number of amides is 1. The van der Waals surface area contributed by atoms with Crippen molar-refractivity contribution in [2.24, 2.45) is 10.7 Å². The molecule has 32 heavy (non-hydrogen) atoms. The molecule has 1 unspecified atom stereocenters. The predicted molar refractivity (Wildman–Crippen MR) is 121 cm³/mol. The first kappa shape index (κ1) is 21.2. The van der Waals surface area contributed by atoms with Crippen LogP contribution < -0.4 is 19.9 Å². The number of aliphatic imine (C=N–C) groups is 1. The Hall–Kier alpha value is -4.07.